The zero-order valence-electron chi connectivity index (χ0n) is 73.6. The Morgan fingerprint density at radius 1 is 0.365 bits per heavy atom. The topological polar surface area (TPSA) is 197 Å². The number of hydrogen-bond donors (Lipinski definition) is 0. The molecule has 0 saturated heterocycles. The van der Waals surface area contributed by atoms with E-state index in [9.17, 15) is 41.9 Å². The van der Waals surface area contributed by atoms with E-state index in [-0.39, 0.29) is 110 Å². The average molecular weight is 1500 g/mol. The maximum absolute atomic E-state index is 13.6. The fraction of sp³-hybridized carbons (Fsp3) is 0.922. The van der Waals surface area contributed by atoms with Gasteiger partial charge in [0.2, 0.25) is 35.4 Å². The van der Waals surface area contributed by atoms with Gasteiger partial charge in [0.25, 0.3) is 0 Å². The molecule has 0 aromatic carbocycles. The van der Waals surface area contributed by atoms with Crippen molar-refractivity contribution in [2.75, 3.05) is 171 Å². The van der Waals surface area contributed by atoms with E-state index in [4.69, 9.17) is 28.4 Å². The molecule has 2 atom stereocenters. The number of ether oxygens (including phenoxy) is 6. The summed E-state index contributed by atoms with van der Waals surface area (Å²) in [5, 5.41) is 0. The second-order valence-electron chi connectivity index (χ2n) is 32.5. The fourth-order valence-corrected chi connectivity index (χ4v) is 8.80. The molecule has 622 valence electrons. The van der Waals surface area contributed by atoms with Gasteiger partial charge >= 0.3 is 6.05 Å². The van der Waals surface area contributed by atoms with Crippen LogP contribution >= 0.6 is 0 Å². The molecule has 104 heavy (non-hydrogen) atoms. The van der Waals surface area contributed by atoms with Crippen LogP contribution in [0.4, 0.5) is 13.2 Å². The minimum absolute atomic E-state index is 0.00455. The lowest BCUT2D eigenvalue weighted by molar-refractivity contribution is -0.176. The van der Waals surface area contributed by atoms with Gasteiger partial charge in [-0.2, -0.15) is 8.78 Å². The van der Waals surface area contributed by atoms with Crippen molar-refractivity contribution < 1.29 is 70.4 Å². The first-order valence-corrected chi connectivity index (χ1v) is 37.7. The highest BCUT2D eigenvalue weighted by Gasteiger charge is 2.49. The Labute approximate surface area is 634 Å². The summed E-state index contributed by atoms with van der Waals surface area (Å²) >= 11 is 0. The minimum atomic E-state index is -2.99. The van der Waals surface area contributed by atoms with Crippen LogP contribution in [-0.2, 0) is 57.2 Å². The lowest BCUT2D eigenvalue weighted by Crippen LogP contribution is -2.50. The van der Waals surface area contributed by atoms with E-state index >= 15 is 0 Å². The van der Waals surface area contributed by atoms with Gasteiger partial charge in [-0.1, -0.05) is 83.1 Å². The lowest BCUT2D eigenvalue weighted by Gasteiger charge is -2.39. The van der Waals surface area contributed by atoms with Crippen molar-refractivity contribution in [3.8, 4) is 0 Å². The molecule has 24 nitrogen and oxygen atoms in total. The summed E-state index contributed by atoms with van der Waals surface area (Å²) in [5.74, 6) is 1.15. The standard InChI is InChI=1S/C14H28N2O2.C14H30N2O2.C13H28N2O2.C12H24F2N2O2.C12H25FN2O2.C12H26N2O2/c1-11(2)14(7-8-14)16(6)9-13(17)15(5)10-18-12(3)4;1-11(2)14(5,6)16(8)9-13(17)15(7)10-18-12(3)4;1-10(2)12(5)14(6)8-13(16)15(7)9-17-11(3)4;1-9(2)12(13,14)16(6)7-11(17)15(5)8-18-10(3)4;1-9(2)12(13)14(5)7-11(16)15(6)8-17-10(3)4;1-10(2)7-13(5)8-12(15)14(6)9-16-11(3)4/h11-12H,7-10H2,1-6H3;11-12H,9-10H2,1-8H3;10-12H,8-9H2,1-7H3;9-10H,7-8H2,1-6H3;9-10,12H,7-8H2,1-6H3;10-11H,7-9H2,1-6H3. The van der Waals surface area contributed by atoms with Crippen molar-refractivity contribution in [3.05, 3.63) is 0 Å². The highest BCUT2D eigenvalue weighted by molar-refractivity contribution is 5.80. The number of halogens is 3. The zero-order valence-corrected chi connectivity index (χ0v) is 73.6. The normalized spacial score (nSPS) is 13.6. The summed E-state index contributed by atoms with van der Waals surface area (Å²) in [4.78, 5) is 91.1. The summed E-state index contributed by atoms with van der Waals surface area (Å²) in [5.41, 5.74) is 0.269. The fourth-order valence-electron chi connectivity index (χ4n) is 8.80. The second kappa shape index (κ2) is 55.5. The number of carbonyl (C=O) groups is 6. The molecular formula is C77H161F3N12O12. The van der Waals surface area contributed by atoms with Gasteiger partial charge in [-0.15, -0.1) is 0 Å². The average Bonchev–Trinajstić information content (AvgIpc) is 1.62. The SMILES string of the molecule is CC(C)CN(C)CC(=O)N(C)COC(C)C.CC(C)OCN(C)C(=O)CN(C)C(C)(C)C(C)C.CC(C)OCN(C)C(=O)CN(C)C(C)C(C)C.CC(C)OCN(C)C(=O)CN(C)C(F)(F)C(C)C.CC(C)OCN(C)C(=O)CN(C)C(F)C(C)C.CC(C)OCN(C)C(=O)CN(C)C1(C(C)C)CC1. The quantitative estimate of drug-likeness (QED) is 0.0413. The van der Waals surface area contributed by atoms with Gasteiger partial charge in [0.1, 0.15) is 40.4 Å². The number of alkyl halides is 3. The number of rotatable bonds is 42. The van der Waals surface area contributed by atoms with Crippen molar-refractivity contribution in [3.63, 3.8) is 0 Å². The predicted octanol–water partition coefficient (Wildman–Crippen LogP) is 11.1. The first-order valence-electron chi connectivity index (χ1n) is 37.7. The van der Waals surface area contributed by atoms with Crippen LogP contribution in [0.3, 0.4) is 0 Å². The molecule has 1 fully saturated rings. The molecule has 0 aliphatic heterocycles. The van der Waals surface area contributed by atoms with E-state index in [0.717, 1.165) is 11.4 Å². The van der Waals surface area contributed by atoms with E-state index in [1.807, 2.05) is 109 Å². The molecule has 27 heteroatoms. The third kappa shape index (κ3) is 50.7. The molecule has 0 aromatic rings. The maximum atomic E-state index is 13.6. The number of nitrogens with zero attached hydrogens (tertiary/aromatic N) is 12. The van der Waals surface area contributed by atoms with Crippen LogP contribution in [0.5, 0.6) is 0 Å². The van der Waals surface area contributed by atoms with E-state index in [1.165, 1.54) is 55.5 Å². The molecule has 1 aliphatic rings. The first kappa shape index (κ1) is 109. The third-order valence-electron chi connectivity index (χ3n) is 18.0. The van der Waals surface area contributed by atoms with Crippen LogP contribution in [0, 0.1) is 35.5 Å². The summed E-state index contributed by atoms with van der Waals surface area (Å²) in [7, 11) is 21.2. The van der Waals surface area contributed by atoms with Gasteiger partial charge in [0, 0.05) is 71.9 Å². The van der Waals surface area contributed by atoms with E-state index < -0.39 is 24.2 Å². The van der Waals surface area contributed by atoms with Crippen molar-refractivity contribution >= 4 is 35.4 Å². The highest BCUT2D eigenvalue weighted by atomic mass is 19.3. The predicted molar refractivity (Wildman–Crippen MR) is 418 cm³/mol. The van der Waals surface area contributed by atoms with Crippen LogP contribution in [0.25, 0.3) is 0 Å². The molecule has 1 aliphatic carbocycles. The monoisotopic (exact) mass is 1500 g/mol. The third-order valence-corrected chi connectivity index (χ3v) is 18.0. The molecule has 1 rings (SSSR count). The van der Waals surface area contributed by atoms with E-state index in [1.54, 1.807) is 75.7 Å². The molecule has 0 radical (unpaired) electrons. The Hall–Kier alpha value is -3.87. The summed E-state index contributed by atoms with van der Waals surface area (Å²) in [6.45, 7) is 57.8. The van der Waals surface area contributed by atoms with Crippen molar-refractivity contribution in [1.82, 2.24) is 58.8 Å². The van der Waals surface area contributed by atoms with Crippen molar-refractivity contribution in [1.29, 1.82) is 0 Å². The van der Waals surface area contributed by atoms with Crippen molar-refractivity contribution in [2.45, 2.75) is 266 Å². The van der Waals surface area contributed by atoms with E-state index in [0.29, 0.717) is 82.8 Å². The molecule has 1 saturated carbocycles. The molecule has 0 aromatic heterocycles. The van der Waals surface area contributed by atoms with Gasteiger partial charge < -0.3 is 57.8 Å². The minimum Gasteiger partial charge on any atom is -0.358 e. The zero-order chi connectivity index (χ0) is 82.8. The molecule has 0 heterocycles. The van der Waals surface area contributed by atoms with Gasteiger partial charge in [-0.25, -0.2) is 9.29 Å². The molecule has 2 unspecified atom stereocenters. The van der Waals surface area contributed by atoms with Crippen LogP contribution < -0.4 is 0 Å². The largest absolute Gasteiger partial charge is 0.358 e. The van der Waals surface area contributed by atoms with Gasteiger partial charge in [0.05, 0.1) is 75.9 Å². The maximum Gasteiger partial charge on any atom is 0.307 e. The summed E-state index contributed by atoms with van der Waals surface area (Å²) < 4.78 is 73.0. The van der Waals surface area contributed by atoms with Crippen LogP contribution in [0.15, 0.2) is 0 Å². The molecule has 0 bridgehead atoms. The molecular weight excluding hydrogens is 1340 g/mol. The first-order chi connectivity index (χ1) is 47.3. The number of likely N-dealkylation sites (N-methyl/N-ethyl adjacent to an activating group) is 12. The number of hydrogen-bond acceptors (Lipinski definition) is 18. The van der Waals surface area contributed by atoms with Crippen LogP contribution in [0.1, 0.15) is 200 Å². The van der Waals surface area contributed by atoms with E-state index in [2.05, 4.69) is 97.9 Å². The summed E-state index contributed by atoms with van der Waals surface area (Å²) in [6, 6.07) is -2.59. The second-order valence-corrected chi connectivity index (χ2v) is 32.5. The van der Waals surface area contributed by atoms with Gasteiger partial charge in [-0.3, -0.25) is 53.3 Å². The molecule has 0 N–H and O–H groups in total. The van der Waals surface area contributed by atoms with Crippen LogP contribution in [-0.4, -0.2) is 331 Å². The molecule has 6 amide bonds. The lowest BCUT2D eigenvalue weighted by atomic mass is 9.89. The van der Waals surface area contributed by atoms with Gasteiger partial charge in [-0.05, 0) is 189 Å². The molecule has 0 spiro atoms. The summed E-state index contributed by atoms with van der Waals surface area (Å²) in [6.07, 6.45) is 2.00. The number of carbonyl (C=O) groups excluding carboxylic acids is 6. The smallest absolute Gasteiger partial charge is 0.307 e. The Morgan fingerprint density at radius 3 is 0.875 bits per heavy atom. The Kier molecular flexibility index (Phi) is 58.0. The van der Waals surface area contributed by atoms with Crippen LogP contribution in [0.2, 0.25) is 0 Å². The Balaban J connectivity index is -0.000000377. The van der Waals surface area contributed by atoms with Crippen molar-refractivity contribution in [2.24, 2.45) is 35.5 Å². The Morgan fingerprint density at radius 2 is 0.635 bits per heavy atom. The Bertz CT molecular complexity index is 2120. The number of amides is 6. The van der Waals surface area contributed by atoms with Gasteiger partial charge in [0.15, 0.2) is 6.30 Å². The highest BCUT2D eigenvalue weighted by Crippen LogP contribution is 2.47.